The average Bonchev–Trinajstić information content (AvgIpc) is 2.38. The molecule has 0 spiro atoms. The van der Waals surface area contributed by atoms with Crippen LogP contribution in [0, 0.1) is 0 Å². The van der Waals surface area contributed by atoms with Crippen molar-refractivity contribution in [3.8, 4) is 0 Å². The standard InChI is InChI=1S/C13H14Cl2/c1-8(2)10-5-4-6-12-11(10)7-9(3)13(12,14)15/h4-8H,1-3H3. The van der Waals surface area contributed by atoms with Crippen molar-refractivity contribution in [2.24, 2.45) is 0 Å². The summed E-state index contributed by atoms with van der Waals surface area (Å²) in [6.07, 6.45) is 2.10. The Balaban J connectivity index is 2.66. The van der Waals surface area contributed by atoms with Gasteiger partial charge in [-0.25, -0.2) is 0 Å². The first-order chi connectivity index (χ1) is 6.94. The topological polar surface area (TPSA) is 0 Å². The van der Waals surface area contributed by atoms with Crippen LogP contribution in [-0.2, 0) is 4.33 Å². The lowest BCUT2D eigenvalue weighted by Gasteiger charge is -2.18. The van der Waals surface area contributed by atoms with E-state index in [1.54, 1.807) is 0 Å². The van der Waals surface area contributed by atoms with Crippen LogP contribution in [0.1, 0.15) is 43.4 Å². The Morgan fingerprint density at radius 3 is 2.47 bits per heavy atom. The van der Waals surface area contributed by atoms with Crippen LogP contribution in [0.25, 0.3) is 6.08 Å². The van der Waals surface area contributed by atoms with Gasteiger partial charge in [-0.2, -0.15) is 0 Å². The van der Waals surface area contributed by atoms with Crippen molar-refractivity contribution < 1.29 is 0 Å². The van der Waals surface area contributed by atoms with Gasteiger partial charge in [0.25, 0.3) is 0 Å². The van der Waals surface area contributed by atoms with Crippen LogP contribution in [0.5, 0.6) is 0 Å². The number of rotatable bonds is 1. The lowest BCUT2D eigenvalue weighted by Crippen LogP contribution is -2.08. The van der Waals surface area contributed by atoms with Crippen molar-refractivity contribution in [2.75, 3.05) is 0 Å². The second kappa shape index (κ2) is 3.54. The fourth-order valence-corrected chi connectivity index (χ4v) is 2.48. The molecule has 0 atom stereocenters. The third-order valence-electron chi connectivity index (χ3n) is 2.96. The van der Waals surface area contributed by atoms with E-state index < -0.39 is 4.33 Å². The third kappa shape index (κ3) is 1.60. The molecule has 80 valence electrons. The lowest BCUT2D eigenvalue weighted by molar-refractivity contribution is 0.860. The summed E-state index contributed by atoms with van der Waals surface area (Å²) in [7, 11) is 0. The van der Waals surface area contributed by atoms with E-state index in [1.165, 1.54) is 11.1 Å². The summed E-state index contributed by atoms with van der Waals surface area (Å²) in [5.74, 6) is 0.492. The summed E-state index contributed by atoms with van der Waals surface area (Å²) in [6, 6.07) is 6.18. The van der Waals surface area contributed by atoms with E-state index in [-0.39, 0.29) is 0 Å². The van der Waals surface area contributed by atoms with Gasteiger partial charge in [0.1, 0.15) is 0 Å². The van der Waals surface area contributed by atoms with E-state index in [4.69, 9.17) is 23.2 Å². The van der Waals surface area contributed by atoms with Crippen LogP contribution in [0.3, 0.4) is 0 Å². The minimum absolute atomic E-state index is 0.492. The number of hydrogen-bond acceptors (Lipinski definition) is 0. The zero-order chi connectivity index (χ0) is 11.2. The highest BCUT2D eigenvalue weighted by atomic mass is 35.5. The Hall–Kier alpha value is -0.460. The van der Waals surface area contributed by atoms with Crippen LogP contribution in [-0.4, -0.2) is 0 Å². The maximum atomic E-state index is 6.32. The largest absolute Gasteiger partial charge is 0.164 e. The van der Waals surface area contributed by atoms with Crippen LogP contribution >= 0.6 is 23.2 Å². The number of halogens is 2. The third-order valence-corrected chi connectivity index (χ3v) is 3.96. The van der Waals surface area contributed by atoms with Crippen molar-refractivity contribution in [2.45, 2.75) is 31.0 Å². The van der Waals surface area contributed by atoms with Gasteiger partial charge in [0, 0.05) is 0 Å². The van der Waals surface area contributed by atoms with Gasteiger partial charge in [0.05, 0.1) is 0 Å². The highest BCUT2D eigenvalue weighted by Crippen LogP contribution is 2.49. The molecule has 0 bridgehead atoms. The minimum Gasteiger partial charge on any atom is -0.0913 e. The molecular weight excluding hydrogens is 227 g/mol. The molecule has 0 N–H and O–H groups in total. The average molecular weight is 241 g/mol. The monoisotopic (exact) mass is 240 g/mol. The predicted octanol–water partition coefficient (Wildman–Crippen LogP) is 4.86. The van der Waals surface area contributed by atoms with E-state index in [2.05, 4.69) is 26.0 Å². The summed E-state index contributed by atoms with van der Waals surface area (Å²) >= 11 is 12.6. The fourth-order valence-electron chi connectivity index (χ4n) is 2.04. The number of alkyl halides is 2. The van der Waals surface area contributed by atoms with Crippen molar-refractivity contribution >= 4 is 29.3 Å². The summed E-state index contributed by atoms with van der Waals surface area (Å²) < 4.78 is -0.833. The van der Waals surface area contributed by atoms with Crippen LogP contribution < -0.4 is 0 Å². The molecule has 1 aromatic carbocycles. The van der Waals surface area contributed by atoms with Gasteiger partial charge in [-0.3, -0.25) is 0 Å². The molecule has 1 aliphatic carbocycles. The molecule has 0 aromatic heterocycles. The first kappa shape index (κ1) is 11.0. The van der Waals surface area contributed by atoms with Gasteiger partial charge < -0.3 is 0 Å². The number of benzene rings is 1. The molecule has 0 heterocycles. The van der Waals surface area contributed by atoms with E-state index in [1.807, 2.05) is 19.1 Å². The summed E-state index contributed by atoms with van der Waals surface area (Å²) in [4.78, 5) is 0. The van der Waals surface area contributed by atoms with E-state index >= 15 is 0 Å². The summed E-state index contributed by atoms with van der Waals surface area (Å²) in [5.41, 5.74) is 4.55. The predicted molar refractivity (Wildman–Crippen MR) is 67.6 cm³/mol. The maximum Gasteiger partial charge on any atom is 0.164 e. The second-order valence-electron chi connectivity index (χ2n) is 4.36. The SMILES string of the molecule is CC1=Cc2c(C(C)C)cccc2C1(Cl)Cl. The Bertz CT molecular complexity index is 428. The van der Waals surface area contributed by atoms with Crippen LogP contribution in [0.15, 0.2) is 23.8 Å². The zero-order valence-corrected chi connectivity index (χ0v) is 10.7. The summed E-state index contributed by atoms with van der Waals surface area (Å²) in [6.45, 7) is 6.34. The Kier molecular flexibility index (Phi) is 2.60. The number of fused-ring (bicyclic) bond motifs is 1. The van der Waals surface area contributed by atoms with Gasteiger partial charge in [-0.1, -0.05) is 61.3 Å². The van der Waals surface area contributed by atoms with E-state index in [9.17, 15) is 0 Å². The molecule has 2 heteroatoms. The molecule has 0 unspecified atom stereocenters. The van der Waals surface area contributed by atoms with Crippen LogP contribution in [0.2, 0.25) is 0 Å². The van der Waals surface area contributed by atoms with E-state index in [0.717, 1.165) is 11.1 Å². The first-order valence-corrected chi connectivity index (χ1v) is 5.90. The fraction of sp³-hybridized carbons (Fsp3) is 0.385. The Labute approximate surface area is 101 Å². The molecule has 0 saturated heterocycles. The van der Waals surface area contributed by atoms with Crippen molar-refractivity contribution in [3.05, 3.63) is 40.5 Å². The number of hydrogen-bond donors (Lipinski definition) is 0. The highest BCUT2D eigenvalue weighted by Gasteiger charge is 2.36. The zero-order valence-electron chi connectivity index (χ0n) is 9.14. The molecule has 1 aliphatic rings. The lowest BCUT2D eigenvalue weighted by atomic mass is 9.95. The molecule has 15 heavy (non-hydrogen) atoms. The van der Waals surface area contributed by atoms with Gasteiger partial charge in [0.2, 0.25) is 0 Å². The van der Waals surface area contributed by atoms with Gasteiger partial charge in [-0.15, -0.1) is 0 Å². The van der Waals surface area contributed by atoms with Gasteiger partial charge in [0.15, 0.2) is 4.33 Å². The van der Waals surface area contributed by atoms with Crippen molar-refractivity contribution in [1.82, 2.24) is 0 Å². The summed E-state index contributed by atoms with van der Waals surface area (Å²) in [5, 5.41) is 0. The Morgan fingerprint density at radius 2 is 1.87 bits per heavy atom. The first-order valence-electron chi connectivity index (χ1n) is 5.14. The quantitative estimate of drug-likeness (QED) is 0.616. The molecule has 0 saturated carbocycles. The molecule has 0 aliphatic heterocycles. The minimum atomic E-state index is -0.833. The maximum absolute atomic E-state index is 6.32. The number of allylic oxidation sites excluding steroid dienone is 1. The van der Waals surface area contributed by atoms with E-state index in [0.29, 0.717) is 5.92 Å². The highest BCUT2D eigenvalue weighted by molar-refractivity contribution is 6.51. The molecular formula is C13H14Cl2. The van der Waals surface area contributed by atoms with Crippen LogP contribution in [0.4, 0.5) is 0 Å². The molecule has 0 radical (unpaired) electrons. The molecule has 0 fully saturated rings. The Morgan fingerprint density at radius 1 is 1.20 bits per heavy atom. The normalized spacial score (nSPS) is 17.9. The molecule has 1 aromatic rings. The van der Waals surface area contributed by atoms with Gasteiger partial charge in [-0.05, 0) is 35.1 Å². The van der Waals surface area contributed by atoms with Crippen molar-refractivity contribution in [1.29, 1.82) is 0 Å². The molecule has 0 amide bonds. The van der Waals surface area contributed by atoms with Crippen molar-refractivity contribution in [3.63, 3.8) is 0 Å². The second-order valence-corrected chi connectivity index (χ2v) is 5.69. The molecule has 2 rings (SSSR count). The van der Waals surface area contributed by atoms with Gasteiger partial charge >= 0.3 is 0 Å². The molecule has 0 nitrogen and oxygen atoms in total. The smallest absolute Gasteiger partial charge is 0.0913 e.